The molecule has 0 fully saturated rings. The number of hydrogen-bond donors (Lipinski definition) is 4. The second kappa shape index (κ2) is 11.4. The molecular formula is C16H28B2O6. The molecule has 1 aromatic rings. The van der Waals surface area contributed by atoms with Crippen LogP contribution in [0.4, 0.5) is 0 Å². The molecule has 0 spiro atoms. The summed E-state index contributed by atoms with van der Waals surface area (Å²) in [6.45, 7) is 5.00. The molecule has 0 radical (unpaired) electrons. The Bertz CT molecular complexity index is 438. The summed E-state index contributed by atoms with van der Waals surface area (Å²) in [5, 5.41) is 38.3. The van der Waals surface area contributed by atoms with Crippen molar-refractivity contribution in [3.63, 3.8) is 0 Å². The molecule has 4 N–H and O–H groups in total. The van der Waals surface area contributed by atoms with E-state index in [9.17, 15) is 20.1 Å². The fraction of sp³-hybridized carbons (Fsp3) is 0.625. The monoisotopic (exact) mass is 338 g/mol. The van der Waals surface area contributed by atoms with Gasteiger partial charge in [0.15, 0.2) is 0 Å². The molecule has 24 heavy (non-hydrogen) atoms. The molecule has 8 heteroatoms. The highest BCUT2D eigenvalue weighted by Gasteiger charge is 2.25. The lowest BCUT2D eigenvalue weighted by atomic mass is 9.73. The minimum atomic E-state index is -1.73. The standard InChI is InChI=1S/C16H28B2O6/c1-3-5-7-9-23-15-11-14(18(21)22)16(12-13(15)17(19)20)24-10-8-6-4-2/h11-12,19-22H,3-10H2,1-2H3. The molecule has 0 aliphatic carbocycles. The van der Waals surface area contributed by atoms with Crippen LogP contribution in [0.5, 0.6) is 11.5 Å². The molecule has 1 aromatic carbocycles. The van der Waals surface area contributed by atoms with E-state index in [4.69, 9.17) is 9.47 Å². The predicted octanol–water partition coefficient (Wildman–Crippen LogP) is 0.184. The highest BCUT2D eigenvalue weighted by atomic mass is 16.5. The maximum Gasteiger partial charge on any atom is 0.492 e. The van der Waals surface area contributed by atoms with Gasteiger partial charge in [0.25, 0.3) is 0 Å². The second-order valence-electron chi connectivity index (χ2n) is 5.79. The highest BCUT2D eigenvalue weighted by Crippen LogP contribution is 2.16. The molecule has 0 bridgehead atoms. The van der Waals surface area contributed by atoms with Gasteiger partial charge >= 0.3 is 14.2 Å². The first-order valence-corrected chi connectivity index (χ1v) is 8.66. The Morgan fingerprint density at radius 2 is 1.08 bits per heavy atom. The molecule has 1 rings (SSSR count). The fourth-order valence-electron chi connectivity index (χ4n) is 2.31. The Kier molecular flexibility index (Phi) is 9.86. The molecule has 134 valence electrons. The second-order valence-corrected chi connectivity index (χ2v) is 5.79. The van der Waals surface area contributed by atoms with E-state index in [1.165, 1.54) is 12.1 Å². The zero-order valence-corrected chi connectivity index (χ0v) is 14.6. The van der Waals surface area contributed by atoms with Crippen LogP contribution < -0.4 is 20.4 Å². The molecule has 0 heterocycles. The van der Waals surface area contributed by atoms with Gasteiger partial charge in [0.05, 0.1) is 13.2 Å². The van der Waals surface area contributed by atoms with E-state index in [-0.39, 0.29) is 22.4 Å². The zero-order chi connectivity index (χ0) is 17.9. The summed E-state index contributed by atoms with van der Waals surface area (Å²) in [6, 6.07) is 2.81. The van der Waals surface area contributed by atoms with Crippen molar-refractivity contribution < 1.29 is 29.6 Å². The Labute approximate surface area is 144 Å². The first-order valence-electron chi connectivity index (χ1n) is 8.66. The van der Waals surface area contributed by atoms with Crippen LogP contribution in [0.1, 0.15) is 52.4 Å². The van der Waals surface area contributed by atoms with Gasteiger partial charge in [-0.3, -0.25) is 0 Å². The molecule has 0 aliphatic rings. The van der Waals surface area contributed by atoms with Gasteiger partial charge in [-0.1, -0.05) is 39.5 Å². The highest BCUT2D eigenvalue weighted by molar-refractivity contribution is 6.62. The molecule has 0 amide bonds. The Morgan fingerprint density at radius 3 is 1.38 bits per heavy atom. The first-order chi connectivity index (χ1) is 11.5. The van der Waals surface area contributed by atoms with Gasteiger partial charge in [0, 0.05) is 10.9 Å². The van der Waals surface area contributed by atoms with Gasteiger partial charge in [0.1, 0.15) is 11.5 Å². The molecule has 0 saturated heterocycles. The molecule has 0 aliphatic heterocycles. The topological polar surface area (TPSA) is 99.4 Å². The number of benzene rings is 1. The zero-order valence-electron chi connectivity index (χ0n) is 14.6. The quantitative estimate of drug-likeness (QED) is 0.321. The van der Waals surface area contributed by atoms with Crippen molar-refractivity contribution in [3.8, 4) is 11.5 Å². The van der Waals surface area contributed by atoms with E-state index >= 15 is 0 Å². The van der Waals surface area contributed by atoms with E-state index in [0.29, 0.717) is 13.2 Å². The van der Waals surface area contributed by atoms with Crippen molar-refractivity contribution in [1.29, 1.82) is 0 Å². The van der Waals surface area contributed by atoms with Crippen LogP contribution in [-0.4, -0.2) is 47.5 Å². The summed E-state index contributed by atoms with van der Waals surface area (Å²) in [7, 11) is -3.46. The summed E-state index contributed by atoms with van der Waals surface area (Å²) in [6.07, 6.45) is 5.78. The van der Waals surface area contributed by atoms with Gasteiger partial charge in [-0.05, 0) is 25.0 Å². The maximum absolute atomic E-state index is 9.57. The molecule has 6 nitrogen and oxygen atoms in total. The Balaban J connectivity index is 2.95. The van der Waals surface area contributed by atoms with Crippen molar-refractivity contribution in [2.75, 3.05) is 13.2 Å². The number of rotatable bonds is 12. The number of ether oxygens (including phenoxy) is 2. The third-order valence-electron chi connectivity index (χ3n) is 3.71. The van der Waals surface area contributed by atoms with Gasteiger partial charge in [-0.15, -0.1) is 0 Å². The molecule has 0 unspecified atom stereocenters. The number of hydrogen-bond acceptors (Lipinski definition) is 6. The summed E-state index contributed by atoms with van der Waals surface area (Å²) < 4.78 is 11.2. The lowest BCUT2D eigenvalue weighted by Crippen LogP contribution is -2.38. The van der Waals surface area contributed by atoms with E-state index in [1.54, 1.807) is 0 Å². The van der Waals surface area contributed by atoms with Crippen molar-refractivity contribution in [1.82, 2.24) is 0 Å². The van der Waals surface area contributed by atoms with Gasteiger partial charge in [-0.2, -0.15) is 0 Å². The van der Waals surface area contributed by atoms with Crippen LogP contribution in [-0.2, 0) is 0 Å². The summed E-state index contributed by atoms with van der Waals surface area (Å²) in [5.74, 6) is 0.454. The van der Waals surface area contributed by atoms with Crippen molar-refractivity contribution >= 4 is 25.2 Å². The summed E-state index contributed by atoms with van der Waals surface area (Å²) in [5.41, 5.74) is 0.308. The average molecular weight is 338 g/mol. The van der Waals surface area contributed by atoms with Gasteiger partial charge in [0.2, 0.25) is 0 Å². The normalized spacial score (nSPS) is 10.6. The molecule has 0 aromatic heterocycles. The van der Waals surface area contributed by atoms with E-state index < -0.39 is 14.2 Å². The van der Waals surface area contributed by atoms with Crippen LogP contribution in [0.15, 0.2) is 12.1 Å². The minimum Gasteiger partial charge on any atom is -0.494 e. The molecule has 0 saturated carbocycles. The first kappa shape index (κ1) is 20.8. The van der Waals surface area contributed by atoms with Crippen LogP contribution in [0.25, 0.3) is 0 Å². The fourth-order valence-corrected chi connectivity index (χ4v) is 2.31. The lowest BCUT2D eigenvalue weighted by Gasteiger charge is -2.17. The maximum atomic E-state index is 9.57. The predicted molar refractivity (Wildman–Crippen MR) is 96.1 cm³/mol. The summed E-state index contributed by atoms with van der Waals surface area (Å²) in [4.78, 5) is 0. The Morgan fingerprint density at radius 1 is 0.708 bits per heavy atom. The van der Waals surface area contributed by atoms with Gasteiger partial charge in [-0.25, -0.2) is 0 Å². The Hall–Kier alpha value is -1.21. The van der Waals surface area contributed by atoms with E-state index in [0.717, 1.165) is 38.5 Å². The SMILES string of the molecule is CCCCCOc1cc(B(O)O)c(OCCCCC)cc1B(O)O. The smallest absolute Gasteiger partial charge is 0.492 e. The summed E-state index contributed by atoms with van der Waals surface area (Å²) >= 11 is 0. The van der Waals surface area contributed by atoms with Crippen LogP contribution in [0.3, 0.4) is 0 Å². The van der Waals surface area contributed by atoms with Crippen molar-refractivity contribution in [2.24, 2.45) is 0 Å². The van der Waals surface area contributed by atoms with Gasteiger partial charge < -0.3 is 29.6 Å². The molecule has 0 atom stereocenters. The van der Waals surface area contributed by atoms with E-state index in [2.05, 4.69) is 13.8 Å². The molecular weight excluding hydrogens is 310 g/mol. The van der Waals surface area contributed by atoms with Crippen molar-refractivity contribution in [3.05, 3.63) is 12.1 Å². The van der Waals surface area contributed by atoms with Crippen LogP contribution >= 0.6 is 0 Å². The van der Waals surface area contributed by atoms with E-state index in [1.807, 2.05) is 0 Å². The average Bonchev–Trinajstić information content (AvgIpc) is 2.55. The number of unbranched alkanes of at least 4 members (excludes halogenated alkanes) is 4. The largest absolute Gasteiger partial charge is 0.494 e. The minimum absolute atomic E-state index is 0.154. The van der Waals surface area contributed by atoms with Crippen LogP contribution in [0.2, 0.25) is 0 Å². The third kappa shape index (κ3) is 6.73. The third-order valence-corrected chi connectivity index (χ3v) is 3.71. The van der Waals surface area contributed by atoms with Crippen LogP contribution in [0, 0.1) is 0 Å². The van der Waals surface area contributed by atoms with Crippen molar-refractivity contribution in [2.45, 2.75) is 52.4 Å². The lowest BCUT2D eigenvalue weighted by molar-refractivity contribution is 0.299.